The van der Waals surface area contributed by atoms with Crippen molar-refractivity contribution in [3.05, 3.63) is 0 Å². The zero-order chi connectivity index (χ0) is 8.01. The van der Waals surface area contributed by atoms with Gasteiger partial charge in [0.25, 0.3) is 5.91 Å². The minimum Gasteiger partial charge on any atom is -0.388 e. The van der Waals surface area contributed by atoms with Crippen LogP contribution in [0.3, 0.4) is 0 Å². The quantitative estimate of drug-likeness (QED) is 0.460. The van der Waals surface area contributed by atoms with E-state index < -0.39 is 12.2 Å². The van der Waals surface area contributed by atoms with Crippen LogP contribution in [0.1, 0.15) is 12.8 Å². The average Bonchev–Trinajstić information content (AvgIpc) is 2.53. The molecular formula is C7H11NO3. The zero-order valence-corrected chi connectivity index (χ0v) is 6.10. The lowest BCUT2D eigenvalue weighted by molar-refractivity contribution is -0.135. The van der Waals surface area contributed by atoms with Crippen molar-refractivity contribution in [3.8, 4) is 0 Å². The summed E-state index contributed by atoms with van der Waals surface area (Å²) in [5.41, 5.74) is 0. The molecular weight excluding hydrogens is 146 g/mol. The van der Waals surface area contributed by atoms with Crippen LogP contribution in [0.15, 0.2) is 0 Å². The van der Waals surface area contributed by atoms with Crippen molar-refractivity contribution in [1.29, 1.82) is 0 Å². The summed E-state index contributed by atoms with van der Waals surface area (Å²) in [6, 6.07) is -0.113. The lowest BCUT2D eigenvalue weighted by atomic mass is 10.1. The van der Waals surface area contributed by atoms with Gasteiger partial charge in [-0.3, -0.25) is 4.79 Å². The first-order valence-electron chi connectivity index (χ1n) is 3.88. The summed E-state index contributed by atoms with van der Waals surface area (Å²) in [7, 11) is 0. The molecule has 1 amide bonds. The lowest BCUT2D eigenvalue weighted by Crippen LogP contribution is -2.30. The van der Waals surface area contributed by atoms with Crippen LogP contribution in [-0.2, 0) is 4.79 Å². The molecule has 62 valence electrons. The number of nitrogens with zero attached hydrogens (tertiary/aromatic N) is 1. The molecule has 2 aliphatic rings. The molecule has 2 rings (SSSR count). The third-order valence-electron chi connectivity index (χ3n) is 2.55. The molecule has 0 aromatic carbocycles. The highest BCUT2D eigenvalue weighted by molar-refractivity contribution is 5.84. The Kier molecular flexibility index (Phi) is 1.40. The van der Waals surface area contributed by atoms with Gasteiger partial charge in [0.15, 0.2) is 6.10 Å². The molecule has 2 fully saturated rings. The maximum atomic E-state index is 11.1. The summed E-state index contributed by atoms with van der Waals surface area (Å²) in [5.74, 6) is -0.306. The van der Waals surface area contributed by atoms with Gasteiger partial charge in [-0.15, -0.1) is 0 Å². The minimum atomic E-state index is -1.17. The summed E-state index contributed by atoms with van der Waals surface area (Å²) in [6.07, 6.45) is -0.255. The molecule has 11 heavy (non-hydrogen) atoms. The van der Waals surface area contributed by atoms with Crippen LogP contribution in [0.4, 0.5) is 0 Å². The molecule has 3 atom stereocenters. The van der Waals surface area contributed by atoms with Gasteiger partial charge in [0.1, 0.15) is 6.10 Å². The molecule has 2 heterocycles. The van der Waals surface area contributed by atoms with Crippen LogP contribution >= 0.6 is 0 Å². The summed E-state index contributed by atoms with van der Waals surface area (Å²) in [4.78, 5) is 12.7. The Morgan fingerprint density at radius 1 is 1.45 bits per heavy atom. The number of hydrogen-bond donors (Lipinski definition) is 2. The summed E-state index contributed by atoms with van der Waals surface area (Å²) in [5, 5.41) is 18.5. The highest BCUT2D eigenvalue weighted by Gasteiger charge is 2.48. The number of hydrogen-bond acceptors (Lipinski definition) is 3. The van der Waals surface area contributed by atoms with Crippen LogP contribution in [0.2, 0.25) is 0 Å². The molecule has 0 bridgehead atoms. The second kappa shape index (κ2) is 2.19. The number of fused-ring (bicyclic) bond motifs is 1. The minimum absolute atomic E-state index is 0.113. The van der Waals surface area contributed by atoms with E-state index in [0.717, 1.165) is 12.8 Å². The first kappa shape index (κ1) is 7.06. The maximum Gasteiger partial charge on any atom is 0.254 e. The van der Waals surface area contributed by atoms with Crippen LogP contribution in [0.5, 0.6) is 0 Å². The molecule has 2 N–H and O–H groups in total. The van der Waals surface area contributed by atoms with Gasteiger partial charge in [0.05, 0.1) is 6.04 Å². The highest BCUT2D eigenvalue weighted by Crippen LogP contribution is 2.28. The van der Waals surface area contributed by atoms with E-state index in [-0.39, 0.29) is 11.9 Å². The van der Waals surface area contributed by atoms with Crippen molar-refractivity contribution >= 4 is 5.91 Å². The monoisotopic (exact) mass is 157 g/mol. The maximum absolute atomic E-state index is 11.1. The van der Waals surface area contributed by atoms with E-state index in [9.17, 15) is 9.90 Å². The van der Waals surface area contributed by atoms with Gasteiger partial charge in [0.2, 0.25) is 0 Å². The molecule has 0 radical (unpaired) electrons. The Hall–Kier alpha value is -0.610. The van der Waals surface area contributed by atoms with Crippen molar-refractivity contribution < 1.29 is 15.0 Å². The number of amides is 1. The van der Waals surface area contributed by atoms with Gasteiger partial charge < -0.3 is 15.1 Å². The van der Waals surface area contributed by atoms with Crippen LogP contribution in [-0.4, -0.2) is 45.8 Å². The molecule has 4 heteroatoms. The third-order valence-corrected chi connectivity index (χ3v) is 2.55. The van der Waals surface area contributed by atoms with Crippen molar-refractivity contribution in [2.45, 2.75) is 31.1 Å². The first-order chi connectivity index (χ1) is 5.22. The van der Waals surface area contributed by atoms with Crippen LogP contribution in [0.25, 0.3) is 0 Å². The zero-order valence-electron chi connectivity index (χ0n) is 6.10. The largest absolute Gasteiger partial charge is 0.388 e. The predicted molar refractivity (Wildman–Crippen MR) is 36.7 cm³/mol. The Morgan fingerprint density at radius 2 is 2.18 bits per heavy atom. The molecule has 0 aliphatic carbocycles. The summed E-state index contributed by atoms with van der Waals surface area (Å²) in [6.45, 7) is 0.692. The van der Waals surface area contributed by atoms with E-state index in [1.165, 1.54) is 0 Å². The Bertz CT molecular complexity index is 194. The SMILES string of the molecule is O=C1C(O)C(O)C2CCCN12. The van der Waals surface area contributed by atoms with E-state index >= 15 is 0 Å². The van der Waals surface area contributed by atoms with E-state index in [4.69, 9.17) is 5.11 Å². The number of carbonyl (C=O) groups is 1. The third kappa shape index (κ3) is 0.795. The normalized spacial score (nSPS) is 43.3. The Morgan fingerprint density at radius 3 is 2.82 bits per heavy atom. The molecule has 0 aromatic rings. The second-order valence-corrected chi connectivity index (χ2v) is 3.18. The van der Waals surface area contributed by atoms with Crippen molar-refractivity contribution in [1.82, 2.24) is 4.90 Å². The first-order valence-corrected chi connectivity index (χ1v) is 3.88. The molecule has 0 spiro atoms. The van der Waals surface area contributed by atoms with Crippen molar-refractivity contribution in [2.75, 3.05) is 6.54 Å². The lowest BCUT2D eigenvalue weighted by Gasteiger charge is -2.15. The van der Waals surface area contributed by atoms with E-state index in [1.54, 1.807) is 4.90 Å². The fourth-order valence-electron chi connectivity index (χ4n) is 1.95. The standard InChI is InChI=1S/C7H11NO3/c9-5-4-2-1-3-8(4)7(11)6(5)10/h4-6,9-10H,1-3H2. The molecule has 0 aromatic heterocycles. The van der Waals surface area contributed by atoms with Gasteiger partial charge in [-0.25, -0.2) is 0 Å². The number of carbonyl (C=O) groups excluding carboxylic acids is 1. The van der Waals surface area contributed by atoms with Crippen LogP contribution in [0, 0.1) is 0 Å². The topological polar surface area (TPSA) is 60.8 Å². The van der Waals surface area contributed by atoms with Gasteiger partial charge in [-0.2, -0.15) is 0 Å². The number of aliphatic hydroxyl groups is 2. The summed E-state index contributed by atoms with van der Waals surface area (Å²) >= 11 is 0. The average molecular weight is 157 g/mol. The van der Waals surface area contributed by atoms with Crippen molar-refractivity contribution in [2.24, 2.45) is 0 Å². The molecule has 3 unspecified atom stereocenters. The predicted octanol–water partition coefficient (Wildman–Crippen LogP) is -1.29. The van der Waals surface area contributed by atoms with E-state index in [2.05, 4.69) is 0 Å². The highest BCUT2D eigenvalue weighted by atomic mass is 16.3. The van der Waals surface area contributed by atoms with Crippen molar-refractivity contribution in [3.63, 3.8) is 0 Å². The molecule has 2 aliphatic heterocycles. The molecule has 4 nitrogen and oxygen atoms in total. The fourth-order valence-corrected chi connectivity index (χ4v) is 1.95. The van der Waals surface area contributed by atoms with Crippen LogP contribution < -0.4 is 0 Å². The molecule has 2 saturated heterocycles. The second-order valence-electron chi connectivity index (χ2n) is 3.18. The number of rotatable bonds is 0. The van der Waals surface area contributed by atoms with E-state index in [0.29, 0.717) is 6.54 Å². The Balaban J connectivity index is 2.23. The Labute approximate surface area is 64.4 Å². The molecule has 0 saturated carbocycles. The summed E-state index contributed by atoms with van der Waals surface area (Å²) < 4.78 is 0. The van der Waals surface area contributed by atoms with Gasteiger partial charge in [-0.05, 0) is 12.8 Å². The van der Waals surface area contributed by atoms with E-state index in [1.807, 2.05) is 0 Å². The van der Waals surface area contributed by atoms with Gasteiger partial charge in [0, 0.05) is 6.54 Å². The van der Waals surface area contributed by atoms with Gasteiger partial charge in [-0.1, -0.05) is 0 Å². The van der Waals surface area contributed by atoms with Gasteiger partial charge >= 0.3 is 0 Å². The smallest absolute Gasteiger partial charge is 0.254 e. The number of aliphatic hydroxyl groups excluding tert-OH is 2. The fraction of sp³-hybridized carbons (Fsp3) is 0.857.